The molecule has 1 aliphatic heterocycles. The van der Waals surface area contributed by atoms with Crippen LogP contribution in [0.5, 0.6) is 0 Å². The lowest BCUT2D eigenvalue weighted by Crippen LogP contribution is -2.37. The van der Waals surface area contributed by atoms with Crippen LogP contribution >= 0.6 is 0 Å². The normalized spacial score (nSPS) is 31.1. The van der Waals surface area contributed by atoms with Gasteiger partial charge in [-0.1, -0.05) is 41.0 Å². The van der Waals surface area contributed by atoms with Crippen molar-refractivity contribution in [3.05, 3.63) is 0 Å². The van der Waals surface area contributed by atoms with E-state index in [1.165, 1.54) is 57.8 Å². The fourth-order valence-corrected chi connectivity index (χ4v) is 5.71. The molecule has 2 heteroatoms. The Morgan fingerprint density at radius 1 is 0.960 bits per heavy atom. The minimum Gasteiger partial charge on any atom is -0.379 e. The van der Waals surface area contributed by atoms with E-state index in [4.69, 9.17) is 9.47 Å². The number of fused-ring (bicyclic) bond motifs is 1. The Balaban J connectivity index is 2.01. The molecule has 2 rings (SSSR count). The number of ether oxygens (including phenoxy) is 2. The molecule has 2 aliphatic rings. The number of hydrogen-bond acceptors (Lipinski definition) is 2. The van der Waals surface area contributed by atoms with Crippen molar-refractivity contribution in [2.24, 2.45) is 16.7 Å². The molecule has 2 fully saturated rings. The lowest BCUT2D eigenvalue weighted by molar-refractivity contribution is -0.0472. The van der Waals surface area contributed by atoms with Crippen molar-refractivity contribution in [1.29, 1.82) is 0 Å². The van der Waals surface area contributed by atoms with Gasteiger partial charge in [-0.05, 0) is 81.5 Å². The number of epoxide rings is 1. The highest BCUT2D eigenvalue weighted by Crippen LogP contribution is 2.48. The molecule has 1 saturated carbocycles. The van der Waals surface area contributed by atoms with Crippen molar-refractivity contribution in [2.75, 3.05) is 7.11 Å². The highest BCUT2D eigenvalue weighted by Gasteiger charge is 2.44. The molecule has 0 aromatic heterocycles. The topological polar surface area (TPSA) is 21.8 Å². The molecule has 25 heavy (non-hydrogen) atoms. The molecule has 1 heterocycles. The molecule has 0 radical (unpaired) electrons. The van der Waals surface area contributed by atoms with Gasteiger partial charge in [-0.2, -0.15) is 0 Å². The first-order valence-electron chi connectivity index (χ1n) is 10.8. The smallest absolute Gasteiger partial charge is 0.0844 e. The first-order chi connectivity index (χ1) is 11.6. The summed E-state index contributed by atoms with van der Waals surface area (Å²) in [5.41, 5.74) is 0.790. The van der Waals surface area contributed by atoms with Gasteiger partial charge in [0.05, 0.1) is 17.8 Å². The van der Waals surface area contributed by atoms with E-state index in [1.54, 1.807) is 0 Å². The molecule has 5 atom stereocenters. The van der Waals surface area contributed by atoms with E-state index in [1.807, 2.05) is 7.11 Å². The average molecular weight is 353 g/mol. The Bertz CT molecular complexity index is 412. The van der Waals surface area contributed by atoms with E-state index in [0.717, 1.165) is 12.3 Å². The lowest BCUT2D eigenvalue weighted by atomic mass is 9.64. The van der Waals surface area contributed by atoms with E-state index in [2.05, 4.69) is 41.5 Å². The van der Waals surface area contributed by atoms with Gasteiger partial charge in [0, 0.05) is 7.11 Å². The van der Waals surface area contributed by atoms with Crippen molar-refractivity contribution >= 4 is 0 Å². The molecule has 0 N–H and O–H groups in total. The van der Waals surface area contributed by atoms with Crippen LogP contribution in [0, 0.1) is 16.7 Å². The zero-order chi connectivity index (χ0) is 18.7. The third kappa shape index (κ3) is 6.24. The van der Waals surface area contributed by atoms with Crippen LogP contribution in [0.3, 0.4) is 0 Å². The van der Waals surface area contributed by atoms with E-state index < -0.39 is 0 Å². The van der Waals surface area contributed by atoms with Gasteiger partial charge in [0.1, 0.15) is 0 Å². The Morgan fingerprint density at radius 2 is 1.68 bits per heavy atom. The van der Waals surface area contributed by atoms with Crippen LogP contribution in [0.25, 0.3) is 0 Å². The Labute approximate surface area is 157 Å². The van der Waals surface area contributed by atoms with E-state index in [9.17, 15) is 0 Å². The van der Waals surface area contributed by atoms with Gasteiger partial charge in [0.2, 0.25) is 0 Å². The summed E-state index contributed by atoms with van der Waals surface area (Å²) in [6, 6.07) is 0. The van der Waals surface area contributed by atoms with Crippen LogP contribution < -0.4 is 0 Å². The van der Waals surface area contributed by atoms with Gasteiger partial charge >= 0.3 is 0 Å². The second-order valence-electron chi connectivity index (χ2n) is 10.5. The zero-order valence-electron chi connectivity index (χ0n) is 18.1. The number of hydrogen-bond donors (Lipinski definition) is 0. The predicted octanol–water partition coefficient (Wildman–Crippen LogP) is 6.76. The molecular formula is C23H44O2. The molecule has 2 nitrogen and oxygen atoms in total. The van der Waals surface area contributed by atoms with Crippen LogP contribution in [0.1, 0.15) is 106 Å². The summed E-state index contributed by atoms with van der Waals surface area (Å²) in [7, 11) is 1.90. The molecule has 1 saturated heterocycles. The van der Waals surface area contributed by atoms with Crippen LogP contribution in [0.2, 0.25) is 0 Å². The summed E-state index contributed by atoms with van der Waals surface area (Å²) < 4.78 is 11.7. The molecule has 5 unspecified atom stereocenters. The standard InChI is InChI=1S/C23H44O2/c1-8-13-21(3,4)16-22(5,17-23(6,9-2)24-7)14-12-18-10-11-19-20(15-18)25-19/h18-20H,8-17H2,1-7H3. The van der Waals surface area contributed by atoms with Gasteiger partial charge in [-0.15, -0.1) is 0 Å². The SMILES string of the molecule is CCCC(C)(C)CC(C)(CCC1CCC2OC2C1)CC(C)(CC)OC. The fourth-order valence-electron chi connectivity index (χ4n) is 5.71. The quantitative estimate of drug-likeness (QED) is 0.383. The second kappa shape index (κ2) is 8.30. The highest BCUT2D eigenvalue weighted by molar-refractivity contribution is 4.94. The van der Waals surface area contributed by atoms with Crippen LogP contribution in [-0.2, 0) is 9.47 Å². The molecule has 0 aromatic carbocycles. The van der Waals surface area contributed by atoms with Crippen molar-refractivity contribution in [1.82, 2.24) is 0 Å². The summed E-state index contributed by atoms with van der Waals surface area (Å²) in [6.07, 6.45) is 14.1. The molecule has 1 aliphatic carbocycles. The van der Waals surface area contributed by atoms with Crippen molar-refractivity contribution in [3.63, 3.8) is 0 Å². The number of methoxy groups -OCH3 is 1. The predicted molar refractivity (Wildman–Crippen MR) is 107 cm³/mol. The summed E-state index contributed by atoms with van der Waals surface area (Å²) in [5, 5.41) is 0. The van der Waals surface area contributed by atoms with Crippen molar-refractivity contribution in [2.45, 2.75) is 124 Å². The average Bonchev–Trinajstić information content (AvgIpc) is 3.30. The minimum absolute atomic E-state index is 0.00824. The Hall–Kier alpha value is -0.0800. The Morgan fingerprint density at radius 3 is 2.24 bits per heavy atom. The maximum absolute atomic E-state index is 5.95. The van der Waals surface area contributed by atoms with E-state index in [0.29, 0.717) is 23.0 Å². The second-order valence-corrected chi connectivity index (χ2v) is 10.5. The molecule has 0 bridgehead atoms. The summed E-state index contributed by atoms with van der Waals surface area (Å²) >= 11 is 0. The first-order valence-corrected chi connectivity index (χ1v) is 10.8. The zero-order valence-corrected chi connectivity index (χ0v) is 18.1. The molecule has 0 amide bonds. The molecule has 148 valence electrons. The van der Waals surface area contributed by atoms with Crippen LogP contribution in [0.4, 0.5) is 0 Å². The van der Waals surface area contributed by atoms with Gasteiger partial charge in [-0.25, -0.2) is 0 Å². The lowest BCUT2D eigenvalue weighted by Gasteiger charge is -2.43. The van der Waals surface area contributed by atoms with Crippen molar-refractivity contribution in [3.8, 4) is 0 Å². The van der Waals surface area contributed by atoms with Gasteiger partial charge in [-0.3, -0.25) is 0 Å². The third-order valence-corrected chi connectivity index (χ3v) is 7.14. The summed E-state index contributed by atoms with van der Waals surface area (Å²) in [5.74, 6) is 0.882. The monoisotopic (exact) mass is 352 g/mol. The van der Waals surface area contributed by atoms with Gasteiger partial charge in [0.25, 0.3) is 0 Å². The Kier molecular flexibility index (Phi) is 7.04. The minimum atomic E-state index is 0.00824. The van der Waals surface area contributed by atoms with E-state index in [-0.39, 0.29) is 5.60 Å². The summed E-state index contributed by atoms with van der Waals surface area (Å²) in [4.78, 5) is 0. The van der Waals surface area contributed by atoms with Crippen LogP contribution in [0.15, 0.2) is 0 Å². The van der Waals surface area contributed by atoms with E-state index >= 15 is 0 Å². The largest absolute Gasteiger partial charge is 0.379 e. The van der Waals surface area contributed by atoms with Crippen molar-refractivity contribution < 1.29 is 9.47 Å². The highest BCUT2D eigenvalue weighted by atomic mass is 16.6. The molecular weight excluding hydrogens is 308 g/mol. The maximum Gasteiger partial charge on any atom is 0.0844 e. The molecule has 0 spiro atoms. The van der Waals surface area contributed by atoms with Crippen LogP contribution in [-0.4, -0.2) is 24.9 Å². The molecule has 0 aromatic rings. The number of rotatable bonds is 11. The summed E-state index contributed by atoms with van der Waals surface area (Å²) in [6.45, 7) is 14.4. The van der Waals surface area contributed by atoms with Gasteiger partial charge < -0.3 is 9.47 Å². The van der Waals surface area contributed by atoms with Gasteiger partial charge in [0.15, 0.2) is 0 Å². The fraction of sp³-hybridized carbons (Fsp3) is 1.00. The maximum atomic E-state index is 5.95. The first kappa shape index (κ1) is 21.2. The third-order valence-electron chi connectivity index (χ3n) is 7.14.